The minimum absolute atomic E-state index is 0.0630. The maximum Gasteiger partial charge on any atom is 0.266 e. The van der Waals surface area contributed by atoms with E-state index in [1.54, 1.807) is 6.21 Å². The summed E-state index contributed by atoms with van der Waals surface area (Å²) in [5.74, 6) is -4.77. The van der Waals surface area contributed by atoms with Crippen LogP contribution in [0, 0.1) is 11.7 Å². The summed E-state index contributed by atoms with van der Waals surface area (Å²) in [5.41, 5.74) is 1.51. The van der Waals surface area contributed by atoms with Crippen LogP contribution in [-0.2, 0) is 10.0 Å². The number of benzene rings is 1. The molecule has 0 saturated heterocycles. The molecule has 1 aromatic carbocycles. The summed E-state index contributed by atoms with van der Waals surface area (Å²) >= 11 is 6.23. The number of sulfonamides is 1. The Morgan fingerprint density at radius 1 is 1.33 bits per heavy atom. The number of ether oxygens (including phenoxy) is 1. The second-order valence-electron chi connectivity index (χ2n) is 8.29. The van der Waals surface area contributed by atoms with E-state index >= 15 is 0 Å². The van der Waals surface area contributed by atoms with Gasteiger partial charge in [0.05, 0.1) is 17.5 Å². The van der Waals surface area contributed by atoms with Crippen LogP contribution >= 0.6 is 11.6 Å². The summed E-state index contributed by atoms with van der Waals surface area (Å²) < 4.78 is 76.8. The summed E-state index contributed by atoms with van der Waals surface area (Å²) in [6.07, 6.45) is 3.91. The minimum Gasteiger partial charge on any atom is -0.485 e. The Hall–Kier alpha value is -2.60. The van der Waals surface area contributed by atoms with Crippen molar-refractivity contribution in [1.29, 1.82) is 0 Å². The van der Waals surface area contributed by atoms with Gasteiger partial charge in [0, 0.05) is 37.2 Å². The van der Waals surface area contributed by atoms with Crippen molar-refractivity contribution >= 4 is 33.7 Å². The highest BCUT2D eigenvalue weighted by molar-refractivity contribution is 7.92. The Labute approximate surface area is 193 Å². The van der Waals surface area contributed by atoms with Gasteiger partial charge in [-0.2, -0.15) is 5.10 Å². The van der Waals surface area contributed by atoms with Gasteiger partial charge < -0.3 is 10.2 Å². The van der Waals surface area contributed by atoms with E-state index in [9.17, 15) is 21.6 Å². The molecule has 2 heterocycles. The quantitative estimate of drug-likeness (QED) is 0.617. The lowest BCUT2D eigenvalue weighted by molar-refractivity contribution is -0.138. The first kappa shape index (κ1) is 23.6. The van der Waals surface area contributed by atoms with Gasteiger partial charge in [0.25, 0.3) is 15.9 Å². The third kappa shape index (κ3) is 5.01. The van der Waals surface area contributed by atoms with Crippen molar-refractivity contribution in [2.24, 2.45) is 11.0 Å². The number of hydrazone groups is 1. The van der Waals surface area contributed by atoms with Gasteiger partial charge in [-0.05, 0) is 25.5 Å². The molecular formula is C20H21ClF3N5O3S. The van der Waals surface area contributed by atoms with E-state index in [1.165, 1.54) is 19.2 Å². The Morgan fingerprint density at radius 2 is 2.12 bits per heavy atom. The van der Waals surface area contributed by atoms with Crippen molar-refractivity contribution in [3.8, 4) is 5.75 Å². The van der Waals surface area contributed by atoms with Crippen molar-refractivity contribution in [2.75, 3.05) is 4.72 Å². The van der Waals surface area contributed by atoms with Crippen molar-refractivity contribution in [1.82, 2.24) is 15.4 Å². The zero-order chi connectivity index (χ0) is 23.9. The number of hydrogen-bond acceptors (Lipinski definition) is 7. The van der Waals surface area contributed by atoms with E-state index in [2.05, 4.69) is 25.2 Å². The average Bonchev–Trinajstić information content (AvgIpc) is 3.24. The van der Waals surface area contributed by atoms with E-state index in [-0.39, 0.29) is 41.4 Å². The molecule has 1 aromatic heterocycles. The molecule has 2 aromatic rings. The summed E-state index contributed by atoms with van der Waals surface area (Å²) in [4.78, 5) is 6.68. The molecule has 4 rings (SSSR count). The first-order valence-electron chi connectivity index (χ1n) is 10.1. The lowest BCUT2D eigenvalue weighted by Crippen LogP contribution is -2.55. The number of hydrogen-bond donors (Lipinski definition) is 2. The van der Waals surface area contributed by atoms with Gasteiger partial charge in [-0.25, -0.2) is 31.6 Å². The monoisotopic (exact) mass is 503 g/mol. The van der Waals surface area contributed by atoms with Gasteiger partial charge in [0.1, 0.15) is 34.2 Å². The van der Waals surface area contributed by atoms with Crippen LogP contribution in [-0.4, -0.2) is 42.2 Å². The predicted octanol–water partition coefficient (Wildman–Crippen LogP) is 3.99. The number of nitrogens with one attached hydrogen (secondary N) is 2. The summed E-state index contributed by atoms with van der Waals surface area (Å²) in [6.45, 7) is 1.53. The molecule has 3 atom stereocenters. The van der Waals surface area contributed by atoms with Gasteiger partial charge in [0.15, 0.2) is 0 Å². The molecular weight excluding hydrogens is 483 g/mol. The topological polar surface area (TPSA) is 106 Å². The van der Waals surface area contributed by atoms with E-state index in [1.807, 2.05) is 0 Å². The zero-order valence-electron chi connectivity index (χ0n) is 17.4. The molecule has 1 unspecified atom stereocenters. The maximum absolute atomic E-state index is 14.9. The molecule has 33 heavy (non-hydrogen) atoms. The zero-order valence-corrected chi connectivity index (χ0v) is 19.0. The first-order chi connectivity index (χ1) is 15.5. The fourth-order valence-corrected chi connectivity index (χ4v) is 5.72. The van der Waals surface area contributed by atoms with Crippen LogP contribution in [0.4, 0.5) is 19.0 Å². The second kappa shape index (κ2) is 8.64. The smallest absolute Gasteiger partial charge is 0.266 e. The fourth-order valence-electron chi connectivity index (χ4n) is 4.35. The molecule has 0 spiro atoms. The van der Waals surface area contributed by atoms with Gasteiger partial charge >= 0.3 is 0 Å². The predicted molar refractivity (Wildman–Crippen MR) is 116 cm³/mol. The van der Waals surface area contributed by atoms with Crippen LogP contribution in [0.1, 0.15) is 32.6 Å². The van der Waals surface area contributed by atoms with Crippen molar-refractivity contribution in [2.45, 2.75) is 55.1 Å². The highest BCUT2D eigenvalue weighted by Gasteiger charge is 2.53. The maximum atomic E-state index is 14.9. The van der Waals surface area contributed by atoms with Crippen LogP contribution in [0.25, 0.3) is 0 Å². The molecule has 0 amide bonds. The number of nitrogens with zero attached hydrogens (tertiary/aromatic N) is 3. The molecule has 0 bridgehead atoms. The number of rotatable bonds is 6. The Balaban J connectivity index is 1.63. The fraction of sp³-hybridized carbons (Fsp3) is 0.450. The molecule has 1 saturated carbocycles. The number of halogens is 4. The van der Waals surface area contributed by atoms with Gasteiger partial charge in [-0.1, -0.05) is 11.6 Å². The number of aromatic nitrogens is 2. The molecule has 8 nitrogen and oxygen atoms in total. The number of alkyl halides is 2. The minimum atomic E-state index is -4.38. The third-order valence-corrected chi connectivity index (χ3v) is 7.50. The molecule has 1 aliphatic heterocycles. The Bertz CT molecular complexity index is 1160. The molecule has 2 aliphatic rings. The van der Waals surface area contributed by atoms with Crippen molar-refractivity contribution < 1.29 is 26.3 Å². The van der Waals surface area contributed by atoms with Crippen molar-refractivity contribution in [3.05, 3.63) is 41.6 Å². The summed E-state index contributed by atoms with van der Waals surface area (Å²) in [5, 5.41) is 3.73. The van der Waals surface area contributed by atoms with E-state index in [0.29, 0.717) is 6.42 Å². The van der Waals surface area contributed by atoms with Gasteiger partial charge in [-0.3, -0.25) is 4.72 Å². The first-order valence-corrected chi connectivity index (χ1v) is 12.0. The van der Waals surface area contributed by atoms with E-state index in [0.717, 1.165) is 18.5 Å². The lowest BCUT2D eigenvalue weighted by Gasteiger charge is -2.46. The van der Waals surface area contributed by atoms with Crippen molar-refractivity contribution in [3.63, 3.8) is 0 Å². The molecule has 1 fully saturated rings. The summed E-state index contributed by atoms with van der Waals surface area (Å²) in [7, 11) is -4.38. The highest BCUT2D eigenvalue weighted by atomic mass is 35.5. The van der Waals surface area contributed by atoms with E-state index < -0.39 is 38.7 Å². The van der Waals surface area contributed by atoms with E-state index in [4.69, 9.17) is 16.3 Å². The largest absolute Gasteiger partial charge is 0.485 e. The second-order valence-corrected chi connectivity index (χ2v) is 10.3. The third-order valence-electron chi connectivity index (χ3n) is 5.83. The normalized spacial score (nSPS) is 26.6. The average molecular weight is 504 g/mol. The van der Waals surface area contributed by atoms with Crippen LogP contribution in [0.5, 0.6) is 5.75 Å². The van der Waals surface area contributed by atoms with Gasteiger partial charge in [-0.15, -0.1) is 0 Å². The Kier molecular flexibility index (Phi) is 6.16. The lowest BCUT2D eigenvalue weighted by atomic mass is 9.70. The summed E-state index contributed by atoms with van der Waals surface area (Å²) in [6, 6.07) is 2.75. The highest BCUT2D eigenvalue weighted by Crippen LogP contribution is 2.48. The Morgan fingerprint density at radius 3 is 2.79 bits per heavy atom. The van der Waals surface area contributed by atoms with Crippen LogP contribution in [0.3, 0.4) is 0 Å². The van der Waals surface area contributed by atoms with Crippen LogP contribution in [0.15, 0.2) is 40.7 Å². The SMILES string of the molecule is C[C@]1(Oc2cc(F)c(S(=O)(=O)Nc3ccncn3)cc2Cl)CC(F)(F)CC[C@@H]1C1CC=NN1. The molecule has 2 N–H and O–H groups in total. The van der Waals surface area contributed by atoms with Crippen LogP contribution < -0.4 is 14.9 Å². The standard InChI is InChI=1S/C20H21ClF3N5O3S/c1-19(10-20(23,24)5-2-12(19)15-3-7-27-28-15)32-16-9-14(22)17(8-13(16)21)33(30,31)29-18-4-6-25-11-26-18/h4,6-9,11-12,15,28H,2-3,5,10H2,1H3,(H,25,26,29)/t12-,15?,19+/m1/s1. The van der Waals surface area contributed by atoms with Gasteiger partial charge in [0.2, 0.25) is 0 Å². The van der Waals surface area contributed by atoms with Crippen LogP contribution in [0.2, 0.25) is 5.02 Å². The number of anilines is 1. The molecule has 13 heteroatoms. The molecule has 0 radical (unpaired) electrons. The molecule has 1 aliphatic carbocycles. The molecule has 178 valence electrons.